The van der Waals surface area contributed by atoms with Gasteiger partial charge in [0.15, 0.2) is 0 Å². The Balaban J connectivity index is 1.82. The van der Waals surface area contributed by atoms with E-state index in [1.54, 1.807) is 25.3 Å². The molecule has 1 aliphatic carbocycles. The van der Waals surface area contributed by atoms with E-state index in [4.69, 9.17) is 4.74 Å². The summed E-state index contributed by atoms with van der Waals surface area (Å²) in [6, 6.07) is 8.98. The van der Waals surface area contributed by atoms with Crippen molar-refractivity contribution < 1.29 is 17.9 Å². The molecule has 29 heavy (non-hydrogen) atoms. The third-order valence-corrected chi connectivity index (χ3v) is 6.02. The molecule has 1 aromatic carbocycles. The van der Waals surface area contributed by atoms with Gasteiger partial charge in [0.1, 0.15) is 17.1 Å². The third kappa shape index (κ3) is 3.69. The minimum atomic E-state index is -3.56. The van der Waals surface area contributed by atoms with E-state index < -0.39 is 9.84 Å². The van der Waals surface area contributed by atoms with Gasteiger partial charge in [-0.15, -0.1) is 0 Å². The number of carbonyl (C=O) groups excluding carboxylic acids is 1. The summed E-state index contributed by atoms with van der Waals surface area (Å²) < 4.78 is 31.0. The fourth-order valence-corrected chi connectivity index (χ4v) is 4.31. The highest BCUT2D eigenvalue weighted by Crippen LogP contribution is 2.35. The molecule has 1 fully saturated rings. The average Bonchev–Trinajstić information content (AvgIpc) is 3.34. The molecule has 0 bridgehead atoms. The van der Waals surface area contributed by atoms with Crippen molar-refractivity contribution in [3.05, 3.63) is 42.2 Å². The Kier molecular flexibility index (Phi) is 4.99. The second kappa shape index (κ2) is 7.47. The highest BCUT2D eigenvalue weighted by Gasteiger charge is 2.27. The van der Waals surface area contributed by atoms with Crippen molar-refractivity contribution in [2.24, 2.45) is 0 Å². The van der Waals surface area contributed by atoms with Crippen molar-refractivity contribution in [3.63, 3.8) is 0 Å². The van der Waals surface area contributed by atoms with Crippen molar-refractivity contribution in [3.8, 4) is 5.75 Å². The molecule has 0 aliphatic heterocycles. The number of methoxy groups -OCH3 is 1. The molecular weight excluding hydrogens is 392 g/mol. The highest BCUT2D eigenvalue weighted by atomic mass is 32.2. The first-order chi connectivity index (χ1) is 13.9. The minimum absolute atomic E-state index is 0.0910. The maximum absolute atomic E-state index is 13.2. The van der Waals surface area contributed by atoms with E-state index in [1.807, 2.05) is 16.7 Å². The predicted molar refractivity (Wildman–Crippen MR) is 109 cm³/mol. The molecule has 0 saturated heterocycles. The smallest absolute Gasteiger partial charge is 0.272 e. The van der Waals surface area contributed by atoms with Crippen LogP contribution in [0.25, 0.3) is 11.0 Å². The quantitative estimate of drug-likeness (QED) is 0.643. The number of sulfone groups is 1. The number of aromatic nitrogens is 3. The Labute approximate surface area is 168 Å². The van der Waals surface area contributed by atoms with Crippen LogP contribution in [0.15, 0.2) is 41.7 Å². The van der Waals surface area contributed by atoms with Gasteiger partial charge in [-0.2, -0.15) is 4.98 Å². The Hall–Kier alpha value is -2.94. The fraction of sp³-hybridized carbons (Fsp3) is 0.350. The average molecular weight is 414 g/mol. The summed E-state index contributed by atoms with van der Waals surface area (Å²) in [5, 5.41) is 3.29. The molecule has 0 unspecified atom stereocenters. The first-order valence-corrected chi connectivity index (χ1v) is 11.3. The van der Waals surface area contributed by atoms with Crippen molar-refractivity contribution >= 4 is 32.5 Å². The third-order valence-electron chi connectivity index (χ3n) is 5.16. The van der Waals surface area contributed by atoms with Crippen LogP contribution in [0.5, 0.6) is 5.75 Å². The lowest BCUT2D eigenvalue weighted by Gasteiger charge is -2.17. The molecule has 4 rings (SSSR count). The fourth-order valence-electron chi connectivity index (χ4n) is 3.81. The lowest BCUT2D eigenvalue weighted by Crippen LogP contribution is -2.20. The van der Waals surface area contributed by atoms with Crippen molar-refractivity contribution in [1.29, 1.82) is 0 Å². The van der Waals surface area contributed by atoms with Crippen molar-refractivity contribution in [1.82, 2.24) is 14.5 Å². The lowest BCUT2D eigenvalue weighted by atomic mass is 10.2. The maximum Gasteiger partial charge on any atom is 0.272 e. The number of benzene rings is 1. The lowest BCUT2D eigenvalue weighted by molar-refractivity contribution is 0.101. The summed E-state index contributed by atoms with van der Waals surface area (Å²) in [6.07, 6.45) is 6.48. The summed E-state index contributed by atoms with van der Waals surface area (Å²) in [5.41, 5.74) is 1.46. The molecule has 0 atom stereocenters. The Morgan fingerprint density at radius 2 is 1.97 bits per heavy atom. The van der Waals surface area contributed by atoms with Crippen LogP contribution < -0.4 is 10.1 Å². The van der Waals surface area contributed by atoms with E-state index in [-0.39, 0.29) is 17.1 Å². The molecule has 9 heteroatoms. The number of fused-ring (bicyclic) bond motifs is 1. The minimum Gasteiger partial charge on any atom is -0.495 e. The van der Waals surface area contributed by atoms with Crippen LogP contribution in [0.4, 0.5) is 5.69 Å². The Morgan fingerprint density at radius 3 is 2.66 bits per heavy atom. The Morgan fingerprint density at radius 1 is 1.24 bits per heavy atom. The molecule has 152 valence electrons. The topological polar surface area (TPSA) is 103 Å². The van der Waals surface area contributed by atoms with Crippen LogP contribution in [-0.2, 0) is 9.84 Å². The highest BCUT2D eigenvalue weighted by molar-refractivity contribution is 7.90. The molecule has 1 amide bonds. The zero-order valence-corrected chi connectivity index (χ0v) is 17.1. The molecule has 8 nitrogen and oxygen atoms in total. The largest absolute Gasteiger partial charge is 0.495 e. The molecule has 0 radical (unpaired) electrons. The zero-order valence-electron chi connectivity index (χ0n) is 16.3. The van der Waals surface area contributed by atoms with E-state index in [2.05, 4.69) is 15.3 Å². The second-order valence-corrected chi connectivity index (χ2v) is 9.11. The Bertz CT molecular complexity index is 1180. The van der Waals surface area contributed by atoms with Gasteiger partial charge in [-0.1, -0.05) is 25.0 Å². The van der Waals surface area contributed by atoms with Gasteiger partial charge < -0.3 is 14.6 Å². The summed E-state index contributed by atoms with van der Waals surface area (Å²) >= 11 is 0. The standard InChI is InChI=1S/C20H22N4O4S/c1-28-17-10-6-5-9-15(17)22-19(25)16-11-13-12-21-20(29(2,26)27)23-18(13)24(16)14-7-3-4-8-14/h5-6,9-12,14H,3-4,7-8H2,1-2H3,(H,22,25). The number of ether oxygens (including phenoxy) is 1. The summed E-state index contributed by atoms with van der Waals surface area (Å²) in [5.74, 6) is 0.254. The van der Waals surface area contributed by atoms with E-state index in [9.17, 15) is 13.2 Å². The first kappa shape index (κ1) is 19.4. The van der Waals surface area contributed by atoms with Crippen LogP contribution in [0, 0.1) is 0 Å². The summed E-state index contributed by atoms with van der Waals surface area (Å²) in [6.45, 7) is 0. The number of hydrogen-bond acceptors (Lipinski definition) is 6. The van der Waals surface area contributed by atoms with Crippen LogP contribution >= 0.6 is 0 Å². The number of hydrogen-bond donors (Lipinski definition) is 1. The number of nitrogens with one attached hydrogen (secondary N) is 1. The van der Waals surface area contributed by atoms with Gasteiger partial charge >= 0.3 is 0 Å². The molecule has 2 aromatic heterocycles. The monoisotopic (exact) mass is 414 g/mol. The van der Waals surface area contributed by atoms with Crippen molar-refractivity contribution in [2.45, 2.75) is 36.9 Å². The van der Waals surface area contributed by atoms with Crippen LogP contribution in [-0.4, -0.2) is 42.2 Å². The number of rotatable bonds is 5. The predicted octanol–water partition coefficient (Wildman–Crippen LogP) is 3.21. The number of nitrogens with zero attached hydrogens (tertiary/aromatic N) is 3. The molecule has 1 aliphatic rings. The number of para-hydroxylation sites is 2. The van der Waals surface area contributed by atoms with Gasteiger partial charge in [-0.3, -0.25) is 4.79 Å². The van der Waals surface area contributed by atoms with Crippen LogP contribution in [0.1, 0.15) is 42.2 Å². The molecule has 1 N–H and O–H groups in total. The van der Waals surface area contributed by atoms with E-state index in [0.29, 0.717) is 28.2 Å². The van der Waals surface area contributed by atoms with Gasteiger partial charge in [0.25, 0.3) is 5.91 Å². The van der Waals surface area contributed by atoms with E-state index >= 15 is 0 Å². The molecule has 1 saturated carbocycles. The van der Waals surface area contributed by atoms with Gasteiger partial charge in [0.2, 0.25) is 15.0 Å². The van der Waals surface area contributed by atoms with Crippen LogP contribution in [0.3, 0.4) is 0 Å². The maximum atomic E-state index is 13.2. The molecule has 2 heterocycles. The van der Waals surface area contributed by atoms with Crippen LogP contribution in [0.2, 0.25) is 0 Å². The SMILES string of the molecule is COc1ccccc1NC(=O)c1cc2cnc(S(C)(=O)=O)nc2n1C1CCCC1. The summed E-state index contributed by atoms with van der Waals surface area (Å²) in [4.78, 5) is 21.4. The van der Waals surface area contributed by atoms with E-state index in [0.717, 1.165) is 31.9 Å². The molecule has 0 spiro atoms. The van der Waals surface area contributed by atoms with Crippen molar-refractivity contribution in [2.75, 3.05) is 18.7 Å². The normalized spacial score (nSPS) is 15.0. The van der Waals surface area contributed by atoms with Gasteiger partial charge in [0, 0.05) is 23.9 Å². The van der Waals surface area contributed by atoms with Gasteiger partial charge in [0.05, 0.1) is 12.8 Å². The number of amides is 1. The first-order valence-electron chi connectivity index (χ1n) is 9.41. The molecule has 3 aromatic rings. The zero-order chi connectivity index (χ0) is 20.6. The number of anilines is 1. The van der Waals surface area contributed by atoms with Gasteiger partial charge in [-0.25, -0.2) is 13.4 Å². The summed E-state index contributed by atoms with van der Waals surface area (Å²) in [7, 11) is -2.01. The second-order valence-electron chi connectivity index (χ2n) is 7.20. The van der Waals surface area contributed by atoms with E-state index in [1.165, 1.54) is 6.20 Å². The van der Waals surface area contributed by atoms with Gasteiger partial charge in [-0.05, 0) is 31.0 Å². The number of carbonyl (C=O) groups is 1. The molecular formula is C20H22N4O4S.